The van der Waals surface area contributed by atoms with Crippen LogP contribution in [0.3, 0.4) is 0 Å². The summed E-state index contributed by atoms with van der Waals surface area (Å²) >= 11 is 0. The van der Waals surface area contributed by atoms with Crippen molar-refractivity contribution >= 4 is 99.2 Å². The van der Waals surface area contributed by atoms with Crippen LogP contribution in [0.1, 0.15) is 112 Å². The number of nitrogens with one attached hydrogen (secondary N) is 6. The van der Waals surface area contributed by atoms with Gasteiger partial charge in [0.2, 0.25) is 31.9 Å². The molecule has 27 heteroatoms. The molecule has 83 heavy (non-hydrogen) atoms. The molecule has 0 bridgehead atoms. The molecule has 4 heterocycles. The number of pyridine rings is 2. The lowest BCUT2D eigenvalue weighted by Crippen LogP contribution is -2.55. The first-order valence-electron chi connectivity index (χ1n) is 27.9. The van der Waals surface area contributed by atoms with Gasteiger partial charge in [-0.2, -0.15) is 0 Å². The van der Waals surface area contributed by atoms with E-state index in [1.807, 2.05) is 61.8 Å². The number of ether oxygens (including phenoxy) is 2. The average Bonchev–Trinajstić information content (AvgIpc) is 3.44. The Bertz CT molecular complexity index is 2660. The lowest BCUT2D eigenvalue weighted by molar-refractivity contribution is -0.125. The number of aromatic nitrogens is 2. The van der Waals surface area contributed by atoms with Crippen LogP contribution in [0, 0.1) is 11.8 Å². The number of rotatable bonds is 32. The number of halogens is 2. The van der Waals surface area contributed by atoms with E-state index in [0.29, 0.717) is 64.2 Å². The summed E-state index contributed by atoms with van der Waals surface area (Å²) in [6.07, 6.45) is 6.37. The SMILES string of the molecule is CCCCc1ccc(C(=O)N[C@H](CS(=O)(=O)Nc2ccc(N3CCOCC3)nc2)C(=O)N[C@@H](CC(C)C)O[B]O[C@H](CC(C)C)NC(=O)[C@@H](CS(=O)(=O)Nc2ccc(N3CCOCC3)nc2)NC(=O)c2ccc(CCCC)cc2)cc1.Cl.Cl. The number of nitrogens with zero attached hydrogens (tertiary/aromatic N) is 4. The molecule has 22 nitrogen and oxygen atoms in total. The Morgan fingerprint density at radius 2 is 0.916 bits per heavy atom. The zero-order chi connectivity index (χ0) is 58.4. The van der Waals surface area contributed by atoms with Crippen LogP contribution in [0.25, 0.3) is 0 Å². The molecule has 2 aliphatic rings. The van der Waals surface area contributed by atoms with Crippen molar-refractivity contribution in [2.45, 2.75) is 117 Å². The molecule has 0 saturated carbocycles. The predicted molar refractivity (Wildman–Crippen MR) is 327 cm³/mol. The van der Waals surface area contributed by atoms with Crippen LogP contribution in [0.5, 0.6) is 0 Å². The maximum Gasteiger partial charge on any atom is 0.491 e. The second-order valence-electron chi connectivity index (χ2n) is 21.1. The van der Waals surface area contributed by atoms with Crippen molar-refractivity contribution in [3.63, 3.8) is 0 Å². The molecular formula is C56H82BCl2N10O12S2. The monoisotopic (exact) mass is 1230 g/mol. The van der Waals surface area contributed by atoms with Gasteiger partial charge < -0.3 is 49.8 Å². The first-order valence-corrected chi connectivity index (χ1v) is 31.2. The maximum atomic E-state index is 14.3. The van der Waals surface area contributed by atoms with E-state index < -0.39 is 79.7 Å². The summed E-state index contributed by atoms with van der Waals surface area (Å²) in [6.45, 7) is 16.3. The van der Waals surface area contributed by atoms with Crippen LogP contribution in [0.2, 0.25) is 0 Å². The third kappa shape index (κ3) is 24.0. The van der Waals surface area contributed by atoms with Gasteiger partial charge in [-0.1, -0.05) is 78.6 Å². The van der Waals surface area contributed by atoms with Crippen molar-refractivity contribution in [3.8, 4) is 0 Å². The molecule has 0 aliphatic carbocycles. The van der Waals surface area contributed by atoms with E-state index in [4.69, 9.17) is 18.8 Å². The first-order chi connectivity index (χ1) is 38.8. The third-order valence-corrected chi connectivity index (χ3v) is 15.9. The Kier molecular flexibility index (Phi) is 29.3. The number of benzene rings is 2. The van der Waals surface area contributed by atoms with Crippen LogP contribution in [0.15, 0.2) is 85.2 Å². The molecule has 4 atom stereocenters. The summed E-state index contributed by atoms with van der Waals surface area (Å²) in [6, 6.07) is 17.0. The largest absolute Gasteiger partial charge is 0.491 e. The number of carbonyl (C=O) groups is 4. The number of hydrogen-bond acceptors (Lipinski definition) is 16. The van der Waals surface area contributed by atoms with Crippen LogP contribution in [-0.4, -0.2) is 147 Å². The van der Waals surface area contributed by atoms with Crippen LogP contribution in [-0.2, 0) is 61.3 Å². The minimum absolute atomic E-state index is 0. The van der Waals surface area contributed by atoms with E-state index in [0.717, 1.165) is 57.3 Å². The summed E-state index contributed by atoms with van der Waals surface area (Å²) in [5.74, 6) is -3.76. The predicted octanol–water partition coefficient (Wildman–Crippen LogP) is 6.00. The lowest BCUT2D eigenvalue weighted by atomic mass is 10.1. The van der Waals surface area contributed by atoms with Crippen molar-refractivity contribution in [2.75, 3.05) is 83.4 Å². The van der Waals surface area contributed by atoms with Gasteiger partial charge >= 0.3 is 7.69 Å². The molecule has 4 aromatic rings. The van der Waals surface area contributed by atoms with E-state index in [-0.39, 0.29) is 72.0 Å². The Balaban J connectivity index is 0.00000740. The topological polar surface area (TPSA) is 278 Å². The van der Waals surface area contributed by atoms with Crippen molar-refractivity contribution in [3.05, 3.63) is 107 Å². The summed E-state index contributed by atoms with van der Waals surface area (Å²) in [5.41, 5.74) is 2.79. The molecule has 6 N–H and O–H groups in total. The maximum absolute atomic E-state index is 14.3. The van der Waals surface area contributed by atoms with Gasteiger partial charge in [0.05, 0.1) is 61.7 Å². The van der Waals surface area contributed by atoms with Crippen LogP contribution in [0.4, 0.5) is 23.0 Å². The minimum Gasteiger partial charge on any atom is -0.393 e. The number of unbranched alkanes of at least 4 members (excludes halogenated alkanes) is 2. The summed E-state index contributed by atoms with van der Waals surface area (Å²) in [4.78, 5) is 69.0. The number of hydrogen-bond donors (Lipinski definition) is 6. The number of morpholine rings is 2. The Hall–Kier alpha value is -5.80. The first kappa shape index (κ1) is 69.7. The van der Waals surface area contributed by atoms with Gasteiger partial charge in [-0.3, -0.25) is 28.6 Å². The third-order valence-electron chi connectivity index (χ3n) is 13.2. The van der Waals surface area contributed by atoms with Gasteiger partial charge in [-0.05, 0) is 110 Å². The number of sulfonamides is 2. The number of carbonyl (C=O) groups excluding carboxylic acids is 4. The highest BCUT2D eigenvalue weighted by Crippen LogP contribution is 2.20. The van der Waals surface area contributed by atoms with Crippen LogP contribution >= 0.6 is 24.8 Å². The molecule has 2 saturated heterocycles. The molecule has 1 radical (unpaired) electrons. The van der Waals surface area contributed by atoms with Crippen LogP contribution < -0.4 is 40.5 Å². The van der Waals surface area contributed by atoms with E-state index >= 15 is 0 Å². The van der Waals surface area contributed by atoms with E-state index in [1.54, 1.807) is 48.5 Å². The highest BCUT2D eigenvalue weighted by molar-refractivity contribution is 7.93. The van der Waals surface area contributed by atoms with Gasteiger partial charge in [0.25, 0.3) is 11.8 Å². The fourth-order valence-corrected chi connectivity index (χ4v) is 11.3. The van der Waals surface area contributed by atoms with E-state index in [2.05, 4.69) is 54.5 Å². The summed E-state index contributed by atoms with van der Waals surface area (Å²) in [5, 5.41) is 10.7. The fraction of sp³-hybridized carbons (Fsp3) is 0.536. The summed E-state index contributed by atoms with van der Waals surface area (Å²) in [7, 11) is -7.73. The smallest absolute Gasteiger partial charge is 0.393 e. The molecule has 2 aromatic carbocycles. The highest BCUT2D eigenvalue weighted by Gasteiger charge is 2.33. The number of anilines is 4. The molecule has 4 amide bonds. The molecule has 2 aliphatic heterocycles. The molecule has 0 spiro atoms. The molecule has 2 aromatic heterocycles. The number of amides is 4. The van der Waals surface area contributed by atoms with Crippen molar-refractivity contribution in [1.29, 1.82) is 0 Å². The second-order valence-corrected chi connectivity index (χ2v) is 24.6. The lowest BCUT2D eigenvalue weighted by Gasteiger charge is -2.28. The standard InChI is InChI=1S/C56H80BN10O12S2.2ClH/c1-7-9-11-41-13-17-43(18-14-41)53(68)60-47(37-80(72,73)64-45-21-23-49(58-35-45)66-25-29-76-30-26-66)55(70)62-51(33-39(3)4)78-57-79-52(34-40(5)6)63-56(71)48(61-54(69)44-19-15-42(16-20-44)12-10-8-2)38-81(74,75)65-46-22-24-50(59-36-46)67-27-31-77-32-28-67;;/h13-24,35-36,39-40,47-48,51-52,64-65H,7-12,25-34,37-38H2,1-6H3,(H,60,68)(H,61,69)(H,62,70)(H,63,71);2*1H/t47-,48-,51-,52-;;/m1../s1. The molecule has 0 unspecified atom stereocenters. The van der Waals surface area contributed by atoms with E-state index in [9.17, 15) is 36.0 Å². The molecule has 457 valence electrons. The van der Waals surface area contributed by atoms with Gasteiger partial charge in [0.1, 0.15) is 36.2 Å². The fourth-order valence-electron chi connectivity index (χ4n) is 8.83. The molecule has 6 rings (SSSR count). The van der Waals surface area contributed by atoms with Gasteiger partial charge in [0, 0.05) is 37.3 Å². The Labute approximate surface area is 502 Å². The minimum atomic E-state index is -4.33. The number of aryl methyl sites for hydroxylation is 2. The summed E-state index contributed by atoms with van der Waals surface area (Å²) < 4.78 is 83.1. The van der Waals surface area contributed by atoms with Gasteiger partial charge in [-0.15, -0.1) is 24.8 Å². The highest BCUT2D eigenvalue weighted by atomic mass is 35.5. The quantitative estimate of drug-likeness (QED) is 0.0241. The van der Waals surface area contributed by atoms with Gasteiger partial charge in [-0.25, -0.2) is 26.8 Å². The molecule has 2 fully saturated rings. The Morgan fingerprint density at radius 3 is 1.23 bits per heavy atom. The Morgan fingerprint density at radius 1 is 0.554 bits per heavy atom. The van der Waals surface area contributed by atoms with Crippen molar-refractivity contribution in [1.82, 2.24) is 31.2 Å². The zero-order valence-corrected chi connectivity index (χ0v) is 51.4. The second kappa shape index (κ2) is 34.9. The van der Waals surface area contributed by atoms with Gasteiger partial charge in [0.15, 0.2) is 0 Å². The van der Waals surface area contributed by atoms with Crippen molar-refractivity contribution in [2.24, 2.45) is 11.8 Å². The average molecular weight is 1230 g/mol. The van der Waals surface area contributed by atoms with E-state index in [1.165, 1.54) is 12.4 Å². The van der Waals surface area contributed by atoms with Crippen molar-refractivity contribution < 1.29 is 54.8 Å². The zero-order valence-electron chi connectivity index (χ0n) is 48.2. The normalized spacial score (nSPS) is 15.1. The molecular weight excluding hydrogens is 1150 g/mol.